The van der Waals surface area contributed by atoms with E-state index in [2.05, 4.69) is 11.0 Å². The van der Waals surface area contributed by atoms with Crippen molar-refractivity contribution in [1.29, 1.82) is 0 Å². The van der Waals surface area contributed by atoms with E-state index in [0.717, 1.165) is 18.6 Å². The molecule has 0 amide bonds. The van der Waals surface area contributed by atoms with Crippen molar-refractivity contribution in [2.75, 3.05) is 13.2 Å². The second kappa shape index (κ2) is 9.33. The molecule has 0 aliphatic carbocycles. The number of hydrogen-bond acceptors (Lipinski definition) is 6. The Morgan fingerprint density at radius 1 is 1.15 bits per heavy atom. The first-order valence-corrected chi connectivity index (χ1v) is 9.25. The third-order valence-electron chi connectivity index (χ3n) is 3.87. The number of furan rings is 1. The predicted octanol–water partition coefficient (Wildman–Crippen LogP) is 3.60. The van der Waals surface area contributed by atoms with Crippen molar-refractivity contribution in [3.05, 3.63) is 76.4 Å². The van der Waals surface area contributed by atoms with Crippen LogP contribution in [0.2, 0.25) is 0 Å². The number of carbonyl (C=O) groups excluding carboxylic acids is 1. The van der Waals surface area contributed by atoms with Crippen LogP contribution in [0, 0.1) is 0 Å². The molecular weight excluding hydrogens is 350 g/mol. The normalized spacial score (nSPS) is 12.2. The molecule has 0 fully saturated rings. The molecule has 5 nitrogen and oxygen atoms in total. The van der Waals surface area contributed by atoms with Gasteiger partial charge in [0, 0.05) is 18.0 Å². The van der Waals surface area contributed by atoms with Crippen molar-refractivity contribution in [1.82, 2.24) is 4.90 Å². The largest absolute Gasteiger partial charge is 0.490 e. The van der Waals surface area contributed by atoms with Crippen LogP contribution in [0.5, 0.6) is 5.75 Å². The van der Waals surface area contributed by atoms with E-state index >= 15 is 0 Å². The Morgan fingerprint density at radius 3 is 2.77 bits per heavy atom. The quantitative estimate of drug-likeness (QED) is 0.552. The van der Waals surface area contributed by atoms with Crippen LogP contribution < -0.4 is 4.74 Å². The van der Waals surface area contributed by atoms with E-state index in [9.17, 15) is 9.90 Å². The molecule has 0 spiro atoms. The van der Waals surface area contributed by atoms with Gasteiger partial charge in [-0.05, 0) is 35.7 Å². The SMILES string of the molecule is O=Cc1ccccc1OCC(O)CN(Cc1ccco1)Cc1cccs1. The van der Waals surface area contributed by atoms with E-state index in [1.165, 1.54) is 4.88 Å². The highest BCUT2D eigenvalue weighted by Crippen LogP contribution is 2.17. The molecule has 1 N–H and O–H groups in total. The van der Waals surface area contributed by atoms with Crippen LogP contribution >= 0.6 is 11.3 Å². The number of carbonyl (C=O) groups is 1. The van der Waals surface area contributed by atoms with Crippen molar-refractivity contribution < 1.29 is 19.1 Å². The minimum atomic E-state index is -0.690. The van der Waals surface area contributed by atoms with Crippen molar-refractivity contribution in [3.63, 3.8) is 0 Å². The summed E-state index contributed by atoms with van der Waals surface area (Å²) in [5.41, 5.74) is 0.478. The predicted molar refractivity (Wildman–Crippen MR) is 100 cm³/mol. The van der Waals surface area contributed by atoms with Gasteiger partial charge in [0.15, 0.2) is 6.29 Å². The zero-order valence-corrected chi connectivity index (χ0v) is 15.1. The molecule has 136 valence electrons. The van der Waals surface area contributed by atoms with Crippen LogP contribution in [0.4, 0.5) is 0 Å². The summed E-state index contributed by atoms with van der Waals surface area (Å²) in [5, 5.41) is 12.5. The number of thiophene rings is 1. The molecule has 2 heterocycles. The van der Waals surface area contributed by atoms with Gasteiger partial charge in [0.2, 0.25) is 0 Å². The highest BCUT2D eigenvalue weighted by atomic mass is 32.1. The lowest BCUT2D eigenvalue weighted by molar-refractivity contribution is 0.0604. The van der Waals surface area contributed by atoms with Crippen molar-refractivity contribution >= 4 is 17.6 Å². The second-order valence-corrected chi connectivity index (χ2v) is 6.98. The number of aliphatic hydroxyl groups excluding tert-OH is 1. The molecule has 1 atom stereocenters. The molecule has 3 aromatic rings. The van der Waals surface area contributed by atoms with Crippen LogP contribution in [0.1, 0.15) is 21.0 Å². The van der Waals surface area contributed by atoms with E-state index in [0.29, 0.717) is 24.4 Å². The van der Waals surface area contributed by atoms with E-state index in [1.807, 2.05) is 23.6 Å². The Balaban J connectivity index is 1.58. The van der Waals surface area contributed by atoms with Gasteiger partial charge >= 0.3 is 0 Å². The monoisotopic (exact) mass is 371 g/mol. The van der Waals surface area contributed by atoms with E-state index in [1.54, 1.807) is 41.9 Å². The summed E-state index contributed by atoms with van der Waals surface area (Å²) in [6.07, 6.45) is 1.71. The Morgan fingerprint density at radius 2 is 2.04 bits per heavy atom. The molecular formula is C20H21NO4S. The van der Waals surface area contributed by atoms with E-state index < -0.39 is 6.10 Å². The number of para-hydroxylation sites is 1. The van der Waals surface area contributed by atoms with Gasteiger partial charge in [0.25, 0.3) is 0 Å². The van der Waals surface area contributed by atoms with Crippen LogP contribution in [0.3, 0.4) is 0 Å². The number of ether oxygens (including phenoxy) is 1. The summed E-state index contributed by atoms with van der Waals surface area (Å²) in [6.45, 7) is 1.87. The minimum absolute atomic E-state index is 0.115. The second-order valence-electron chi connectivity index (χ2n) is 5.95. The fourth-order valence-corrected chi connectivity index (χ4v) is 3.42. The zero-order chi connectivity index (χ0) is 18.2. The molecule has 0 bridgehead atoms. The summed E-state index contributed by atoms with van der Waals surface area (Å²) < 4.78 is 11.1. The first-order valence-electron chi connectivity index (χ1n) is 8.37. The van der Waals surface area contributed by atoms with Gasteiger partial charge in [-0.3, -0.25) is 9.69 Å². The maximum Gasteiger partial charge on any atom is 0.153 e. The summed E-state index contributed by atoms with van der Waals surface area (Å²) in [7, 11) is 0. The number of aldehydes is 1. The Kier molecular flexibility index (Phi) is 6.60. The molecule has 1 unspecified atom stereocenters. The Bertz CT molecular complexity index is 750. The molecule has 0 aliphatic heterocycles. The topological polar surface area (TPSA) is 62.9 Å². The third kappa shape index (κ3) is 5.29. The highest BCUT2D eigenvalue weighted by molar-refractivity contribution is 7.09. The number of rotatable bonds is 10. The van der Waals surface area contributed by atoms with Gasteiger partial charge in [0.05, 0.1) is 18.4 Å². The number of benzene rings is 1. The lowest BCUT2D eigenvalue weighted by Gasteiger charge is -2.24. The average molecular weight is 371 g/mol. The first-order chi connectivity index (χ1) is 12.7. The molecule has 1 aromatic carbocycles. The maximum absolute atomic E-state index is 11.0. The average Bonchev–Trinajstić information content (AvgIpc) is 3.34. The Hall–Kier alpha value is -2.41. The minimum Gasteiger partial charge on any atom is -0.490 e. The first kappa shape index (κ1) is 18.4. The summed E-state index contributed by atoms with van der Waals surface area (Å²) in [4.78, 5) is 14.4. The Labute approximate surface area is 156 Å². The third-order valence-corrected chi connectivity index (χ3v) is 4.73. The van der Waals surface area contributed by atoms with Crippen LogP contribution in [-0.4, -0.2) is 35.5 Å². The van der Waals surface area contributed by atoms with Crippen LogP contribution in [0.25, 0.3) is 0 Å². The van der Waals surface area contributed by atoms with Crippen molar-refractivity contribution in [2.45, 2.75) is 19.2 Å². The summed E-state index contributed by atoms with van der Waals surface area (Å²) in [6, 6.07) is 14.9. The summed E-state index contributed by atoms with van der Waals surface area (Å²) >= 11 is 1.68. The lowest BCUT2D eigenvalue weighted by Crippen LogP contribution is -2.34. The van der Waals surface area contributed by atoms with E-state index in [4.69, 9.17) is 9.15 Å². The van der Waals surface area contributed by atoms with Crippen LogP contribution in [-0.2, 0) is 13.1 Å². The zero-order valence-electron chi connectivity index (χ0n) is 14.3. The van der Waals surface area contributed by atoms with Crippen molar-refractivity contribution in [2.24, 2.45) is 0 Å². The van der Waals surface area contributed by atoms with Gasteiger partial charge in [-0.2, -0.15) is 0 Å². The molecule has 0 radical (unpaired) electrons. The smallest absolute Gasteiger partial charge is 0.153 e. The van der Waals surface area contributed by atoms with E-state index in [-0.39, 0.29) is 6.61 Å². The van der Waals surface area contributed by atoms with Gasteiger partial charge in [-0.25, -0.2) is 0 Å². The van der Waals surface area contributed by atoms with Gasteiger partial charge < -0.3 is 14.3 Å². The molecule has 26 heavy (non-hydrogen) atoms. The fourth-order valence-electron chi connectivity index (χ4n) is 2.68. The molecule has 2 aromatic heterocycles. The molecule has 0 saturated carbocycles. The lowest BCUT2D eigenvalue weighted by atomic mass is 10.2. The molecule has 0 saturated heterocycles. The number of aliphatic hydroxyl groups is 1. The van der Waals surface area contributed by atoms with Gasteiger partial charge in [-0.1, -0.05) is 18.2 Å². The van der Waals surface area contributed by atoms with Crippen molar-refractivity contribution in [3.8, 4) is 5.75 Å². The number of hydrogen-bond donors (Lipinski definition) is 1. The standard InChI is InChI=1S/C20H21NO4S/c22-14-16-5-1-2-8-20(16)25-15-17(23)11-21(12-18-6-3-9-24-18)13-19-7-4-10-26-19/h1-10,14,17,23H,11-13,15H2. The highest BCUT2D eigenvalue weighted by Gasteiger charge is 2.16. The molecule has 0 aliphatic rings. The van der Waals surface area contributed by atoms with Crippen LogP contribution in [0.15, 0.2) is 64.6 Å². The summed E-state index contributed by atoms with van der Waals surface area (Å²) in [5.74, 6) is 1.33. The molecule has 6 heteroatoms. The van der Waals surface area contributed by atoms with Gasteiger partial charge in [0.1, 0.15) is 24.2 Å². The molecule has 3 rings (SSSR count). The number of nitrogens with zero attached hydrogens (tertiary/aromatic N) is 1. The maximum atomic E-state index is 11.0. The van der Waals surface area contributed by atoms with Gasteiger partial charge in [-0.15, -0.1) is 11.3 Å². The fraction of sp³-hybridized carbons (Fsp3) is 0.250.